The maximum atomic E-state index is 11.6. The molecular weight excluding hydrogens is 282 g/mol. The van der Waals surface area contributed by atoms with Gasteiger partial charge in [-0.15, -0.1) is 0 Å². The third-order valence-corrected chi connectivity index (χ3v) is 5.38. The number of aliphatic hydroxyl groups is 1. The zero-order valence-corrected chi connectivity index (χ0v) is 15.4. The summed E-state index contributed by atoms with van der Waals surface area (Å²) < 4.78 is 0. The van der Waals surface area contributed by atoms with Crippen molar-refractivity contribution in [2.45, 2.75) is 70.8 Å². The Morgan fingerprint density at radius 1 is 1.17 bits per heavy atom. The number of allylic oxidation sites excluding steroid dienone is 2. The van der Waals surface area contributed by atoms with Gasteiger partial charge in [0.25, 0.3) is 0 Å². The Kier molecular flexibility index (Phi) is 9.50. The average molecular weight is 320 g/mol. The fourth-order valence-electron chi connectivity index (χ4n) is 3.82. The second kappa shape index (κ2) is 10.8. The Morgan fingerprint density at radius 2 is 1.87 bits per heavy atom. The SMILES string of the molecule is C=C/C=C(\C=C)C(O)(CCN(CC)CCCC)C1CCCCC1. The molecule has 1 aliphatic carbocycles. The van der Waals surface area contributed by atoms with E-state index in [1.54, 1.807) is 6.08 Å². The van der Waals surface area contributed by atoms with Crippen LogP contribution in [-0.4, -0.2) is 35.2 Å². The van der Waals surface area contributed by atoms with Gasteiger partial charge in [-0.05, 0) is 50.3 Å². The van der Waals surface area contributed by atoms with Crippen molar-refractivity contribution in [3.8, 4) is 0 Å². The Balaban J connectivity index is 2.87. The van der Waals surface area contributed by atoms with E-state index in [1.165, 1.54) is 32.1 Å². The van der Waals surface area contributed by atoms with Crippen LogP contribution in [0.2, 0.25) is 0 Å². The van der Waals surface area contributed by atoms with E-state index in [0.29, 0.717) is 5.92 Å². The maximum Gasteiger partial charge on any atom is 0.0936 e. The van der Waals surface area contributed by atoms with E-state index in [4.69, 9.17) is 0 Å². The second-order valence-corrected chi connectivity index (χ2v) is 6.86. The lowest BCUT2D eigenvalue weighted by Crippen LogP contribution is -2.44. The van der Waals surface area contributed by atoms with Crippen LogP contribution >= 0.6 is 0 Å². The minimum atomic E-state index is -0.754. The molecule has 1 aliphatic rings. The molecule has 0 aliphatic heterocycles. The Hall–Kier alpha value is -0.860. The van der Waals surface area contributed by atoms with Gasteiger partial charge in [-0.1, -0.05) is 70.9 Å². The molecule has 0 spiro atoms. The van der Waals surface area contributed by atoms with Crippen molar-refractivity contribution in [1.82, 2.24) is 4.90 Å². The fraction of sp³-hybridized carbons (Fsp3) is 0.714. The topological polar surface area (TPSA) is 23.5 Å². The third-order valence-electron chi connectivity index (χ3n) is 5.38. The number of hydrogen-bond donors (Lipinski definition) is 1. The lowest BCUT2D eigenvalue weighted by Gasteiger charge is -2.41. The van der Waals surface area contributed by atoms with Gasteiger partial charge in [0.15, 0.2) is 0 Å². The molecule has 0 aromatic rings. The second-order valence-electron chi connectivity index (χ2n) is 6.86. The molecule has 0 aromatic carbocycles. The molecule has 1 atom stereocenters. The van der Waals surface area contributed by atoms with Crippen molar-refractivity contribution < 1.29 is 5.11 Å². The van der Waals surface area contributed by atoms with Gasteiger partial charge in [-0.2, -0.15) is 0 Å². The molecule has 0 saturated heterocycles. The van der Waals surface area contributed by atoms with Gasteiger partial charge < -0.3 is 10.0 Å². The smallest absolute Gasteiger partial charge is 0.0936 e. The van der Waals surface area contributed by atoms with E-state index in [1.807, 2.05) is 12.2 Å². The van der Waals surface area contributed by atoms with Crippen LogP contribution in [0, 0.1) is 5.92 Å². The first-order valence-corrected chi connectivity index (χ1v) is 9.52. The lowest BCUT2D eigenvalue weighted by atomic mass is 9.71. The zero-order valence-electron chi connectivity index (χ0n) is 15.4. The zero-order chi connectivity index (χ0) is 17.1. The molecule has 0 radical (unpaired) electrons. The van der Waals surface area contributed by atoms with Gasteiger partial charge >= 0.3 is 0 Å². The summed E-state index contributed by atoms with van der Waals surface area (Å²) in [5, 5.41) is 11.6. The van der Waals surface area contributed by atoms with Crippen LogP contribution in [0.3, 0.4) is 0 Å². The van der Waals surface area contributed by atoms with Crippen molar-refractivity contribution in [1.29, 1.82) is 0 Å². The number of unbranched alkanes of at least 4 members (excludes halogenated alkanes) is 1. The van der Waals surface area contributed by atoms with E-state index in [9.17, 15) is 5.11 Å². The van der Waals surface area contributed by atoms with Crippen LogP contribution in [-0.2, 0) is 0 Å². The highest BCUT2D eigenvalue weighted by Crippen LogP contribution is 2.40. The molecular formula is C21H37NO. The predicted molar refractivity (Wildman–Crippen MR) is 102 cm³/mol. The summed E-state index contributed by atoms with van der Waals surface area (Å²) in [4.78, 5) is 2.46. The minimum absolute atomic E-state index is 0.352. The first kappa shape index (κ1) is 20.2. The summed E-state index contributed by atoms with van der Waals surface area (Å²) in [6, 6.07) is 0. The summed E-state index contributed by atoms with van der Waals surface area (Å²) in [5.74, 6) is 0.352. The van der Waals surface area contributed by atoms with Gasteiger partial charge in [0.05, 0.1) is 5.60 Å². The van der Waals surface area contributed by atoms with Gasteiger partial charge in [0.2, 0.25) is 0 Å². The van der Waals surface area contributed by atoms with Crippen molar-refractivity contribution >= 4 is 0 Å². The van der Waals surface area contributed by atoms with Crippen LogP contribution < -0.4 is 0 Å². The highest BCUT2D eigenvalue weighted by Gasteiger charge is 2.39. The Bertz CT molecular complexity index is 381. The molecule has 2 heteroatoms. The number of nitrogens with zero attached hydrogens (tertiary/aromatic N) is 1. The molecule has 1 saturated carbocycles. The number of hydrogen-bond acceptors (Lipinski definition) is 2. The van der Waals surface area contributed by atoms with E-state index in [2.05, 4.69) is 31.9 Å². The van der Waals surface area contributed by atoms with Crippen molar-refractivity contribution in [3.05, 3.63) is 37.0 Å². The first-order chi connectivity index (χ1) is 11.1. The Labute approximate surface area is 144 Å². The quantitative estimate of drug-likeness (QED) is 0.535. The molecule has 0 aromatic heterocycles. The molecule has 0 heterocycles. The predicted octanol–water partition coefficient (Wildman–Crippen LogP) is 5.11. The van der Waals surface area contributed by atoms with Gasteiger partial charge in [0, 0.05) is 6.54 Å². The number of rotatable bonds is 11. The van der Waals surface area contributed by atoms with Crippen LogP contribution in [0.15, 0.2) is 37.0 Å². The Morgan fingerprint density at radius 3 is 2.39 bits per heavy atom. The van der Waals surface area contributed by atoms with E-state index in [0.717, 1.165) is 44.5 Å². The monoisotopic (exact) mass is 319 g/mol. The van der Waals surface area contributed by atoms with Crippen molar-refractivity contribution in [3.63, 3.8) is 0 Å². The molecule has 23 heavy (non-hydrogen) atoms. The average Bonchev–Trinajstić information content (AvgIpc) is 2.60. The van der Waals surface area contributed by atoms with Crippen LogP contribution in [0.5, 0.6) is 0 Å². The molecule has 1 fully saturated rings. The molecule has 1 rings (SSSR count). The molecule has 1 N–H and O–H groups in total. The van der Waals surface area contributed by atoms with E-state index in [-0.39, 0.29) is 0 Å². The molecule has 0 bridgehead atoms. The van der Waals surface area contributed by atoms with Crippen molar-refractivity contribution in [2.24, 2.45) is 5.92 Å². The summed E-state index contributed by atoms with van der Waals surface area (Å²) in [6.45, 7) is 15.3. The standard InChI is InChI=1S/C21H37NO/c1-5-9-17-22(8-4)18-16-21(23,19(7-3)13-6-2)20-14-11-10-12-15-20/h6-7,13,20,23H,2-3,5,8-12,14-18H2,1,4H3/b19-13+. The minimum Gasteiger partial charge on any atom is -0.385 e. The fourth-order valence-corrected chi connectivity index (χ4v) is 3.82. The normalized spacial score (nSPS) is 19.6. The van der Waals surface area contributed by atoms with E-state index >= 15 is 0 Å². The lowest BCUT2D eigenvalue weighted by molar-refractivity contribution is -0.0112. The molecule has 1 unspecified atom stereocenters. The van der Waals surface area contributed by atoms with Gasteiger partial charge in [-0.25, -0.2) is 0 Å². The first-order valence-electron chi connectivity index (χ1n) is 9.52. The largest absolute Gasteiger partial charge is 0.385 e. The van der Waals surface area contributed by atoms with Gasteiger partial charge in [-0.3, -0.25) is 0 Å². The highest BCUT2D eigenvalue weighted by molar-refractivity contribution is 5.32. The van der Waals surface area contributed by atoms with Crippen molar-refractivity contribution in [2.75, 3.05) is 19.6 Å². The molecule has 2 nitrogen and oxygen atoms in total. The molecule has 132 valence electrons. The summed E-state index contributed by atoms with van der Waals surface area (Å²) >= 11 is 0. The molecule has 0 amide bonds. The third kappa shape index (κ3) is 5.93. The maximum absolute atomic E-state index is 11.6. The van der Waals surface area contributed by atoms with E-state index < -0.39 is 5.60 Å². The van der Waals surface area contributed by atoms with Crippen LogP contribution in [0.25, 0.3) is 0 Å². The summed E-state index contributed by atoms with van der Waals surface area (Å²) in [6.07, 6.45) is 14.8. The van der Waals surface area contributed by atoms with Crippen LogP contribution in [0.1, 0.15) is 65.2 Å². The summed E-state index contributed by atoms with van der Waals surface area (Å²) in [7, 11) is 0. The highest BCUT2D eigenvalue weighted by atomic mass is 16.3. The summed E-state index contributed by atoms with van der Waals surface area (Å²) in [5.41, 5.74) is 0.196. The van der Waals surface area contributed by atoms with Gasteiger partial charge in [0.1, 0.15) is 0 Å². The van der Waals surface area contributed by atoms with Crippen LogP contribution in [0.4, 0.5) is 0 Å².